The highest BCUT2D eigenvalue weighted by Gasteiger charge is 2.26. The smallest absolute Gasteiger partial charge is 0.280 e. The number of nitrogens with one attached hydrogen (secondary N) is 2. The number of aromatic amines is 1. The number of rotatable bonds is 2. The molecule has 0 radical (unpaired) electrons. The monoisotopic (exact) mass is 239 g/mol. The number of anilines is 2. The third-order valence-corrected chi connectivity index (χ3v) is 2.44. The van der Waals surface area contributed by atoms with Gasteiger partial charge in [-0.25, -0.2) is 4.99 Å². The number of nitrogens with two attached hydrogens (primary N) is 1. The Morgan fingerprint density at radius 3 is 2.88 bits per heavy atom. The van der Waals surface area contributed by atoms with Gasteiger partial charge in [-0.15, -0.1) is 0 Å². The van der Waals surface area contributed by atoms with Gasteiger partial charge in [-0.2, -0.15) is 4.98 Å². The van der Waals surface area contributed by atoms with Crippen molar-refractivity contribution in [2.75, 3.05) is 11.1 Å². The Labute approximate surface area is 96.2 Å². The first kappa shape index (κ1) is 11.6. The first-order valence-electron chi connectivity index (χ1n) is 5.05. The molecule has 0 amide bonds. The lowest BCUT2D eigenvalue weighted by Crippen LogP contribution is -2.43. The number of aromatic nitrogens is 2. The van der Waals surface area contributed by atoms with Crippen LogP contribution in [0.5, 0.6) is 0 Å². The molecule has 0 bridgehead atoms. The standard InChI is InChI=1S/C9H13N5O3/c1-3(15)6(16)4-2-11-5-7(12-4)13-9(10)14-8(5)17/h2-4,6,15-16H,1H3,(H4,10,12,13,14,17)/t3-,4+,6-/m0/s1. The van der Waals surface area contributed by atoms with E-state index in [4.69, 9.17) is 5.73 Å². The molecule has 1 aliphatic rings. The molecule has 6 N–H and O–H groups in total. The predicted molar refractivity (Wildman–Crippen MR) is 62.5 cm³/mol. The van der Waals surface area contributed by atoms with E-state index in [1.807, 2.05) is 0 Å². The van der Waals surface area contributed by atoms with E-state index < -0.39 is 23.8 Å². The predicted octanol–water partition coefficient (Wildman–Crippen LogP) is -1.41. The number of H-pyrrole nitrogens is 1. The fraction of sp³-hybridized carbons (Fsp3) is 0.444. The Hall–Kier alpha value is -1.93. The second kappa shape index (κ2) is 4.15. The second-order valence-corrected chi connectivity index (χ2v) is 3.83. The second-order valence-electron chi connectivity index (χ2n) is 3.83. The topological polar surface area (TPSA) is 137 Å². The summed E-state index contributed by atoms with van der Waals surface area (Å²) in [6, 6.07) is -0.615. The molecule has 0 unspecified atom stereocenters. The van der Waals surface area contributed by atoms with Crippen LogP contribution in [0.4, 0.5) is 17.5 Å². The Bertz CT molecular complexity index is 510. The van der Waals surface area contributed by atoms with Crippen LogP contribution in [0.3, 0.4) is 0 Å². The van der Waals surface area contributed by atoms with Gasteiger partial charge in [0.05, 0.1) is 12.1 Å². The number of aliphatic hydroxyl groups excluding tert-OH is 2. The van der Waals surface area contributed by atoms with Crippen LogP contribution in [0.15, 0.2) is 9.79 Å². The molecule has 0 aliphatic carbocycles. The molecule has 3 atom stereocenters. The van der Waals surface area contributed by atoms with Crippen molar-refractivity contribution in [1.29, 1.82) is 0 Å². The van der Waals surface area contributed by atoms with Crippen molar-refractivity contribution < 1.29 is 10.2 Å². The fourth-order valence-corrected chi connectivity index (χ4v) is 1.53. The molecular formula is C9H13N5O3. The Kier molecular flexibility index (Phi) is 2.82. The van der Waals surface area contributed by atoms with Crippen LogP contribution in [0.2, 0.25) is 0 Å². The van der Waals surface area contributed by atoms with E-state index >= 15 is 0 Å². The number of aliphatic hydroxyl groups is 2. The number of aliphatic imine (C=N–C) groups is 1. The normalized spacial score (nSPS) is 21.5. The lowest BCUT2D eigenvalue weighted by atomic mass is 10.1. The third-order valence-electron chi connectivity index (χ3n) is 2.44. The summed E-state index contributed by atoms with van der Waals surface area (Å²) in [5.41, 5.74) is 5.04. The molecule has 2 rings (SSSR count). The Balaban J connectivity index is 2.34. The summed E-state index contributed by atoms with van der Waals surface area (Å²) in [7, 11) is 0. The Morgan fingerprint density at radius 1 is 1.53 bits per heavy atom. The van der Waals surface area contributed by atoms with E-state index in [1.165, 1.54) is 13.1 Å². The highest BCUT2D eigenvalue weighted by atomic mass is 16.3. The molecule has 8 heteroatoms. The van der Waals surface area contributed by atoms with E-state index in [9.17, 15) is 15.0 Å². The van der Waals surface area contributed by atoms with Crippen molar-refractivity contribution in [3.63, 3.8) is 0 Å². The van der Waals surface area contributed by atoms with Gasteiger partial charge in [-0.3, -0.25) is 9.78 Å². The van der Waals surface area contributed by atoms with Crippen molar-refractivity contribution in [3.8, 4) is 0 Å². The van der Waals surface area contributed by atoms with Crippen molar-refractivity contribution in [2.45, 2.75) is 25.2 Å². The SMILES string of the molecule is C[C@H](O)[C@H](O)[C@H]1C=Nc2c(nc(N)[nH]c2=O)N1. The minimum Gasteiger partial charge on any atom is -0.391 e. The van der Waals surface area contributed by atoms with Gasteiger partial charge < -0.3 is 21.3 Å². The van der Waals surface area contributed by atoms with Crippen molar-refractivity contribution in [3.05, 3.63) is 10.4 Å². The maximum atomic E-state index is 11.5. The third kappa shape index (κ3) is 2.12. The summed E-state index contributed by atoms with van der Waals surface area (Å²) in [4.78, 5) is 21.5. The Morgan fingerprint density at radius 2 is 2.24 bits per heavy atom. The highest BCUT2D eigenvalue weighted by Crippen LogP contribution is 2.23. The van der Waals surface area contributed by atoms with Gasteiger partial charge in [0.2, 0.25) is 5.95 Å². The van der Waals surface area contributed by atoms with E-state index in [0.29, 0.717) is 0 Å². The van der Waals surface area contributed by atoms with Gasteiger partial charge in [0.15, 0.2) is 11.5 Å². The molecule has 1 aromatic heterocycles. The van der Waals surface area contributed by atoms with Crippen molar-refractivity contribution in [2.24, 2.45) is 4.99 Å². The van der Waals surface area contributed by atoms with E-state index in [-0.39, 0.29) is 17.5 Å². The molecule has 2 heterocycles. The quantitative estimate of drug-likeness (QED) is 0.430. The van der Waals surface area contributed by atoms with Crippen LogP contribution in [0, 0.1) is 0 Å². The first-order valence-corrected chi connectivity index (χ1v) is 5.05. The lowest BCUT2D eigenvalue weighted by Gasteiger charge is -2.26. The van der Waals surface area contributed by atoms with Crippen molar-refractivity contribution in [1.82, 2.24) is 9.97 Å². The molecule has 0 aromatic carbocycles. The van der Waals surface area contributed by atoms with Crippen molar-refractivity contribution >= 4 is 23.7 Å². The molecule has 8 nitrogen and oxygen atoms in total. The average molecular weight is 239 g/mol. The average Bonchev–Trinajstić information content (AvgIpc) is 2.26. The highest BCUT2D eigenvalue weighted by molar-refractivity contribution is 5.81. The van der Waals surface area contributed by atoms with E-state index in [1.54, 1.807) is 0 Å². The van der Waals surface area contributed by atoms with Gasteiger partial charge in [0.1, 0.15) is 6.10 Å². The molecule has 0 saturated heterocycles. The van der Waals surface area contributed by atoms with Crippen LogP contribution in [0.25, 0.3) is 0 Å². The zero-order valence-corrected chi connectivity index (χ0v) is 9.08. The summed E-state index contributed by atoms with van der Waals surface area (Å²) in [6.07, 6.45) is -0.624. The molecule has 0 saturated carbocycles. The molecule has 1 aromatic rings. The van der Waals surface area contributed by atoms with Gasteiger partial charge in [0.25, 0.3) is 5.56 Å². The van der Waals surface area contributed by atoms with E-state index in [0.717, 1.165) is 0 Å². The number of hydrogen-bond acceptors (Lipinski definition) is 7. The van der Waals surface area contributed by atoms with E-state index in [2.05, 4.69) is 20.3 Å². The van der Waals surface area contributed by atoms with Gasteiger partial charge in [-0.1, -0.05) is 0 Å². The molecular weight excluding hydrogens is 226 g/mol. The number of hydrogen-bond donors (Lipinski definition) is 5. The zero-order chi connectivity index (χ0) is 12.6. The van der Waals surface area contributed by atoms with Crippen LogP contribution in [-0.2, 0) is 0 Å². The summed E-state index contributed by atoms with van der Waals surface area (Å²) >= 11 is 0. The number of nitrogen functional groups attached to an aromatic ring is 1. The number of fused-ring (bicyclic) bond motifs is 1. The van der Waals surface area contributed by atoms with Crippen LogP contribution < -0.4 is 16.6 Å². The zero-order valence-electron chi connectivity index (χ0n) is 9.08. The van der Waals surface area contributed by atoms with Crippen LogP contribution in [-0.4, -0.2) is 44.6 Å². The van der Waals surface area contributed by atoms with Gasteiger partial charge >= 0.3 is 0 Å². The van der Waals surface area contributed by atoms with Crippen LogP contribution >= 0.6 is 0 Å². The van der Waals surface area contributed by atoms with Gasteiger partial charge in [0, 0.05) is 6.21 Å². The molecule has 0 fully saturated rings. The van der Waals surface area contributed by atoms with Gasteiger partial charge in [-0.05, 0) is 6.92 Å². The summed E-state index contributed by atoms with van der Waals surface area (Å²) in [5.74, 6) is 0.155. The van der Waals surface area contributed by atoms with Crippen LogP contribution in [0.1, 0.15) is 6.92 Å². The minimum absolute atomic E-state index is 0.0383. The summed E-state index contributed by atoms with van der Waals surface area (Å²) < 4.78 is 0. The molecule has 1 aliphatic heterocycles. The maximum absolute atomic E-state index is 11.5. The lowest BCUT2D eigenvalue weighted by molar-refractivity contribution is 0.0313. The maximum Gasteiger partial charge on any atom is 0.280 e. The fourth-order valence-electron chi connectivity index (χ4n) is 1.53. The summed E-state index contributed by atoms with van der Waals surface area (Å²) in [5, 5.41) is 21.7. The molecule has 17 heavy (non-hydrogen) atoms. The minimum atomic E-state index is -1.05. The first-order chi connectivity index (χ1) is 7.99. The summed E-state index contributed by atoms with van der Waals surface area (Å²) in [6.45, 7) is 1.45. The molecule has 0 spiro atoms. The number of nitrogens with zero attached hydrogens (tertiary/aromatic N) is 2. The molecule has 92 valence electrons. The largest absolute Gasteiger partial charge is 0.391 e.